The van der Waals surface area contributed by atoms with Crippen molar-refractivity contribution in [1.29, 1.82) is 0 Å². The number of nitro groups is 1. The molecule has 4 aromatic carbocycles. The second kappa shape index (κ2) is 17.9. The van der Waals surface area contributed by atoms with Crippen LogP contribution >= 0.6 is 27.7 Å². The van der Waals surface area contributed by atoms with Crippen molar-refractivity contribution < 1.29 is 24.0 Å². The number of aliphatic imine (C=N–C) groups is 1. The fourth-order valence-electron chi connectivity index (χ4n) is 5.16. The van der Waals surface area contributed by atoms with E-state index in [4.69, 9.17) is 4.74 Å². The number of allylic oxidation sites excluding steroid dienone is 4. The van der Waals surface area contributed by atoms with Crippen molar-refractivity contribution in [1.82, 2.24) is 10.2 Å². The molecule has 1 N–H and O–H groups in total. The summed E-state index contributed by atoms with van der Waals surface area (Å²) < 4.78 is 6.45. The maximum absolute atomic E-state index is 14.0. The minimum absolute atomic E-state index is 0.0117. The molecule has 4 aromatic rings. The van der Waals surface area contributed by atoms with E-state index in [2.05, 4.69) is 32.8 Å². The molecule has 3 amide bonds. The second-order valence-electron chi connectivity index (χ2n) is 11.2. The van der Waals surface area contributed by atoms with Gasteiger partial charge >= 0.3 is 0 Å². The summed E-state index contributed by atoms with van der Waals surface area (Å²) in [6.45, 7) is 5.63. The number of amides is 3. The largest absolute Gasteiger partial charge is 0.488 e. The Balaban J connectivity index is 1.35. The quantitative estimate of drug-likeness (QED) is 0.0475. The van der Waals surface area contributed by atoms with Crippen LogP contribution in [0, 0.1) is 10.1 Å². The highest BCUT2D eigenvalue weighted by atomic mass is 79.9. The highest BCUT2D eigenvalue weighted by molar-refractivity contribution is 9.10. The smallest absolute Gasteiger partial charge is 0.285 e. The van der Waals surface area contributed by atoms with Crippen LogP contribution < -0.4 is 10.1 Å². The Hall–Kier alpha value is -5.85. The Morgan fingerprint density at radius 3 is 2.25 bits per heavy atom. The van der Waals surface area contributed by atoms with E-state index in [-0.39, 0.29) is 34.7 Å². The molecule has 52 heavy (non-hydrogen) atoms. The highest BCUT2D eigenvalue weighted by Gasteiger charge is 2.35. The first-order chi connectivity index (χ1) is 25.2. The molecule has 0 saturated heterocycles. The topological polar surface area (TPSA) is 131 Å². The van der Waals surface area contributed by atoms with Crippen molar-refractivity contribution in [3.8, 4) is 5.75 Å². The van der Waals surface area contributed by atoms with Crippen LogP contribution in [0.5, 0.6) is 5.75 Å². The Labute approximate surface area is 313 Å². The minimum atomic E-state index is -0.742. The van der Waals surface area contributed by atoms with Gasteiger partial charge in [-0.2, -0.15) is 4.99 Å². The first-order valence-electron chi connectivity index (χ1n) is 16.0. The van der Waals surface area contributed by atoms with Gasteiger partial charge in [-0.05, 0) is 81.5 Å². The molecule has 0 radical (unpaired) electrons. The third kappa shape index (κ3) is 9.47. The fourth-order valence-corrected chi connectivity index (χ4v) is 6.48. The standard InChI is InChI=1S/C40H33BrN4O6S/c1-3-5-16-31(4-2)44-39(48)33(23-28-19-22-35(34(41)24-28)51-25-27-17-20-32(21-18-27)45(49)50)38(47)43-40(44)52-26-36(46)42-37(29-12-8-6-9-13-29)30-14-10-7-11-15-30/h3-24,37H,1,25-26H2,2H3,(H,42,46)/b16-5-,31-4+,33-23+. The summed E-state index contributed by atoms with van der Waals surface area (Å²) >= 11 is 4.48. The summed E-state index contributed by atoms with van der Waals surface area (Å²) in [5.41, 5.74) is 3.35. The number of ether oxygens (including phenoxy) is 1. The molecular formula is C40H33BrN4O6S. The lowest BCUT2D eigenvalue weighted by atomic mass is 9.99. The van der Waals surface area contributed by atoms with Gasteiger partial charge in [0.2, 0.25) is 5.91 Å². The van der Waals surface area contributed by atoms with Gasteiger partial charge in [0.1, 0.15) is 17.9 Å². The van der Waals surface area contributed by atoms with Crippen molar-refractivity contribution in [2.24, 2.45) is 4.99 Å². The summed E-state index contributed by atoms with van der Waals surface area (Å²) in [7, 11) is 0. The fraction of sp³-hybridized carbons (Fsp3) is 0.100. The van der Waals surface area contributed by atoms with Crippen LogP contribution in [0.3, 0.4) is 0 Å². The molecule has 0 fully saturated rings. The number of benzene rings is 4. The zero-order valence-corrected chi connectivity index (χ0v) is 30.4. The van der Waals surface area contributed by atoms with E-state index in [0.717, 1.165) is 28.5 Å². The summed E-state index contributed by atoms with van der Waals surface area (Å²) in [6.07, 6.45) is 8.05. The van der Waals surface area contributed by atoms with Crippen LogP contribution in [-0.4, -0.2) is 38.5 Å². The summed E-state index contributed by atoms with van der Waals surface area (Å²) in [4.78, 5) is 56.9. The van der Waals surface area contributed by atoms with Gasteiger partial charge in [-0.1, -0.05) is 103 Å². The van der Waals surface area contributed by atoms with Gasteiger partial charge in [-0.25, -0.2) is 0 Å². The lowest BCUT2D eigenvalue weighted by Crippen LogP contribution is -2.42. The lowest BCUT2D eigenvalue weighted by Gasteiger charge is -2.28. The van der Waals surface area contributed by atoms with Crippen LogP contribution in [0.4, 0.5) is 5.69 Å². The number of rotatable bonds is 13. The van der Waals surface area contributed by atoms with Gasteiger partial charge in [0.15, 0.2) is 5.17 Å². The summed E-state index contributed by atoms with van der Waals surface area (Å²) in [5, 5.41) is 14.1. The van der Waals surface area contributed by atoms with Crippen molar-refractivity contribution >= 4 is 62.3 Å². The maximum Gasteiger partial charge on any atom is 0.285 e. The zero-order chi connectivity index (χ0) is 37.0. The van der Waals surface area contributed by atoms with Crippen LogP contribution in [0.1, 0.15) is 35.2 Å². The molecule has 5 rings (SSSR count). The van der Waals surface area contributed by atoms with E-state index in [1.807, 2.05) is 60.7 Å². The molecule has 12 heteroatoms. The van der Waals surface area contributed by atoms with Gasteiger partial charge in [0.05, 0.1) is 21.2 Å². The third-order valence-electron chi connectivity index (χ3n) is 7.72. The normalized spacial score (nSPS) is 14.1. The minimum Gasteiger partial charge on any atom is -0.488 e. The summed E-state index contributed by atoms with van der Waals surface area (Å²) in [6, 6.07) is 29.9. The van der Waals surface area contributed by atoms with Crippen molar-refractivity contribution in [2.75, 3.05) is 5.75 Å². The van der Waals surface area contributed by atoms with E-state index in [1.54, 1.807) is 61.6 Å². The van der Waals surface area contributed by atoms with Crippen molar-refractivity contribution in [3.05, 3.63) is 182 Å². The molecule has 1 heterocycles. The number of hydrogen-bond acceptors (Lipinski definition) is 7. The molecule has 0 saturated carbocycles. The maximum atomic E-state index is 14.0. The summed E-state index contributed by atoms with van der Waals surface area (Å²) in [5.74, 6) is -1.28. The van der Waals surface area contributed by atoms with Gasteiger partial charge in [0, 0.05) is 17.8 Å². The molecule has 0 aromatic heterocycles. The molecule has 10 nitrogen and oxygen atoms in total. The molecule has 0 atom stereocenters. The molecule has 262 valence electrons. The second-order valence-corrected chi connectivity index (χ2v) is 13.0. The number of thioether (sulfide) groups is 1. The Morgan fingerprint density at radius 1 is 1.02 bits per heavy atom. The van der Waals surface area contributed by atoms with E-state index >= 15 is 0 Å². The lowest BCUT2D eigenvalue weighted by molar-refractivity contribution is -0.384. The van der Waals surface area contributed by atoms with Crippen LogP contribution in [0.2, 0.25) is 0 Å². The van der Waals surface area contributed by atoms with Crippen LogP contribution in [0.15, 0.2) is 155 Å². The van der Waals surface area contributed by atoms with Crippen molar-refractivity contribution in [3.63, 3.8) is 0 Å². The molecular weight excluding hydrogens is 744 g/mol. The molecule has 0 spiro atoms. The van der Waals surface area contributed by atoms with E-state index in [0.29, 0.717) is 21.5 Å². The molecule has 0 aliphatic carbocycles. The van der Waals surface area contributed by atoms with E-state index in [9.17, 15) is 24.5 Å². The van der Waals surface area contributed by atoms with E-state index < -0.39 is 22.8 Å². The first kappa shape index (κ1) is 37.4. The Kier molecular flexibility index (Phi) is 12.9. The van der Waals surface area contributed by atoms with E-state index in [1.165, 1.54) is 23.1 Å². The van der Waals surface area contributed by atoms with Gasteiger partial charge in [0.25, 0.3) is 17.5 Å². The van der Waals surface area contributed by atoms with Gasteiger partial charge in [-0.3, -0.25) is 29.4 Å². The average Bonchev–Trinajstić information content (AvgIpc) is 3.16. The van der Waals surface area contributed by atoms with Crippen LogP contribution in [0.25, 0.3) is 6.08 Å². The number of halogens is 1. The Morgan fingerprint density at radius 2 is 1.67 bits per heavy atom. The molecule has 1 aliphatic heterocycles. The molecule has 0 bridgehead atoms. The number of nitrogens with one attached hydrogen (secondary N) is 1. The predicted octanol–water partition coefficient (Wildman–Crippen LogP) is 8.33. The Bertz CT molecular complexity index is 2060. The van der Waals surface area contributed by atoms with Crippen molar-refractivity contribution in [2.45, 2.75) is 19.6 Å². The molecule has 0 unspecified atom stereocenters. The van der Waals surface area contributed by atoms with Gasteiger partial charge in [-0.15, -0.1) is 0 Å². The monoisotopic (exact) mass is 776 g/mol. The molecule has 1 aliphatic rings. The SMILES string of the molecule is C=C/C=C\C(=C/C)N1C(=O)/C(=C/c2ccc(OCc3ccc([N+](=O)[O-])cc3)c(Br)c2)C(=O)N=C1SCC(=O)NC(c1ccccc1)c1ccccc1. The third-order valence-corrected chi connectivity index (χ3v) is 9.28. The number of nitro benzene ring substituents is 1. The average molecular weight is 778 g/mol. The number of non-ortho nitro benzene ring substituents is 1. The highest BCUT2D eigenvalue weighted by Crippen LogP contribution is 2.31. The number of carbonyl (C=O) groups is 3. The number of nitrogens with zero attached hydrogens (tertiary/aromatic N) is 3. The number of hydrogen-bond donors (Lipinski definition) is 1. The van der Waals surface area contributed by atoms with Gasteiger partial charge < -0.3 is 10.1 Å². The predicted molar refractivity (Wildman–Crippen MR) is 207 cm³/mol. The van der Waals surface area contributed by atoms with Crippen LogP contribution in [-0.2, 0) is 21.0 Å². The number of amidine groups is 1. The first-order valence-corrected chi connectivity index (χ1v) is 17.8. The zero-order valence-electron chi connectivity index (χ0n) is 28.0. The number of carbonyl (C=O) groups excluding carboxylic acids is 3.